The molecule has 0 aromatic heterocycles. The molecule has 0 atom stereocenters. The van der Waals surface area contributed by atoms with E-state index in [2.05, 4.69) is 0 Å². The highest BCUT2D eigenvalue weighted by Gasteiger charge is 2.49. The Morgan fingerprint density at radius 3 is 2.53 bits per heavy atom. The van der Waals surface area contributed by atoms with Gasteiger partial charge in [-0.1, -0.05) is 12.1 Å². The molecule has 1 aromatic rings. The molecule has 0 amide bonds. The maximum Gasteiger partial charge on any atom is 0.368 e. The zero-order valence-electron chi connectivity index (χ0n) is 8.55. The molecule has 0 unspecified atom stereocenters. The fourth-order valence-electron chi connectivity index (χ4n) is 1.60. The number of halogens is 4. The molecule has 0 saturated carbocycles. The molecule has 2 rings (SSSR count). The minimum atomic E-state index is -4.65. The van der Waals surface area contributed by atoms with Gasteiger partial charge >= 0.3 is 12.3 Å². The minimum Gasteiger partial charge on any atom is -0.372 e. The first-order chi connectivity index (χ1) is 7.93. The summed E-state index contributed by atoms with van der Waals surface area (Å²) in [5, 5.41) is 0. The summed E-state index contributed by atoms with van der Waals surface area (Å²) in [6.07, 6.45) is -4.00. The maximum atomic E-state index is 12.8. The van der Waals surface area contributed by atoms with E-state index in [0.717, 1.165) is 11.6 Å². The van der Waals surface area contributed by atoms with Crippen molar-refractivity contribution < 1.29 is 27.1 Å². The lowest BCUT2D eigenvalue weighted by atomic mass is 10.0. The summed E-state index contributed by atoms with van der Waals surface area (Å²) in [5.41, 5.74) is 0.947. The van der Waals surface area contributed by atoms with Crippen LogP contribution in [0.2, 0.25) is 0 Å². The Balaban J connectivity index is 2.32. The molecule has 92 valence electrons. The quantitative estimate of drug-likeness (QED) is 0.607. The van der Waals surface area contributed by atoms with Crippen molar-refractivity contribution >= 4 is 5.78 Å². The summed E-state index contributed by atoms with van der Waals surface area (Å²) in [4.78, 5) is 11.2. The standard InChI is InChI=1S/C11H8F4O2/c12-10(13)11(14,15)9(16)6-1-2-7-4-17-5-8(7)3-6/h1-3,10H,4-5H2. The number of rotatable bonds is 3. The molecule has 2 nitrogen and oxygen atoms in total. The second kappa shape index (κ2) is 4.10. The molecule has 1 aliphatic rings. The number of Topliss-reactive ketones (excluding diaryl/α,β-unsaturated/α-hetero) is 1. The molecular weight excluding hydrogens is 240 g/mol. The van der Waals surface area contributed by atoms with Gasteiger partial charge in [0.1, 0.15) is 0 Å². The van der Waals surface area contributed by atoms with Gasteiger partial charge in [0.15, 0.2) is 0 Å². The summed E-state index contributed by atoms with van der Waals surface area (Å²) < 4.78 is 54.8. The number of hydrogen-bond acceptors (Lipinski definition) is 2. The van der Waals surface area contributed by atoms with Gasteiger partial charge in [-0.15, -0.1) is 0 Å². The predicted octanol–water partition coefficient (Wildman–Crippen LogP) is 2.80. The van der Waals surface area contributed by atoms with Crippen molar-refractivity contribution in [2.45, 2.75) is 25.6 Å². The Morgan fingerprint density at radius 2 is 1.88 bits per heavy atom. The van der Waals surface area contributed by atoms with Crippen molar-refractivity contribution in [3.8, 4) is 0 Å². The zero-order valence-corrected chi connectivity index (χ0v) is 8.55. The average Bonchev–Trinajstić information content (AvgIpc) is 2.74. The number of carbonyl (C=O) groups is 1. The highest BCUT2D eigenvalue weighted by atomic mass is 19.3. The van der Waals surface area contributed by atoms with Gasteiger partial charge in [-0.25, -0.2) is 8.78 Å². The van der Waals surface area contributed by atoms with Crippen LogP contribution in [0.1, 0.15) is 21.5 Å². The monoisotopic (exact) mass is 248 g/mol. The van der Waals surface area contributed by atoms with Crippen LogP contribution in [0.5, 0.6) is 0 Å². The van der Waals surface area contributed by atoms with Crippen molar-refractivity contribution in [3.05, 3.63) is 34.9 Å². The van der Waals surface area contributed by atoms with Crippen molar-refractivity contribution in [1.82, 2.24) is 0 Å². The van der Waals surface area contributed by atoms with Crippen molar-refractivity contribution in [2.75, 3.05) is 0 Å². The van der Waals surface area contributed by atoms with Crippen molar-refractivity contribution in [1.29, 1.82) is 0 Å². The van der Waals surface area contributed by atoms with Crippen LogP contribution in [-0.2, 0) is 18.0 Å². The third-order valence-corrected chi connectivity index (χ3v) is 2.56. The number of alkyl halides is 4. The van der Waals surface area contributed by atoms with E-state index in [1.807, 2.05) is 0 Å². The van der Waals surface area contributed by atoms with Crippen molar-refractivity contribution in [3.63, 3.8) is 0 Å². The van der Waals surface area contributed by atoms with Gasteiger partial charge in [0.05, 0.1) is 13.2 Å². The average molecular weight is 248 g/mol. The van der Waals surface area contributed by atoms with E-state index in [-0.39, 0.29) is 6.61 Å². The molecule has 0 radical (unpaired) electrons. The summed E-state index contributed by atoms with van der Waals surface area (Å²) in [6.45, 7) is 0.547. The third-order valence-electron chi connectivity index (χ3n) is 2.56. The van der Waals surface area contributed by atoms with Crippen LogP contribution in [0.4, 0.5) is 17.6 Å². The molecule has 0 saturated heterocycles. The van der Waals surface area contributed by atoms with Gasteiger partial charge in [-0.2, -0.15) is 8.78 Å². The largest absolute Gasteiger partial charge is 0.372 e. The summed E-state index contributed by atoms with van der Waals surface area (Å²) in [5.74, 6) is -6.50. The lowest BCUT2D eigenvalue weighted by molar-refractivity contribution is -0.0958. The second-order valence-corrected chi connectivity index (χ2v) is 3.73. The number of carbonyl (C=O) groups excluding carboxylic acids is 1. The Labute approximate surface area is 94.2 Å². The number of hydrogen-bond donors (Lipinski definition) is 0. The van der Waals surface area contributed by atoms with E-state index in [1.165, 1.54) is 12.1 Å². The van der Waals surface area contributed by atoms with Crippen molar-refractivity contribution in [2.24, 2.45) is 0 Å². The molecule has 0 bridgehead atoms. The fourth-order valence-corrected chi connectivity index (χ4v) is 1.60. The number of fused-ring (bicyclic) bond motifs is 1. The maximum absolute atomic E-state index is 12.8. The molecule has 0 N–H and O–H groups in total. The SMILES string of the molecule is O=C(c1ccc2c(c1)COC2)C(F)(F)C(F)F. The molecule has 0 spiro atoms. The van der Waals surface area contributed by atoms with Crippen LogP contribution < -0.4 is 0 Å². The number of ketones is 1. The van der Waals surface area contributed by atoms with Crippen LogP contribution in [0.25, 0.3) is 0 Å². The predicted molar refractivity (Wildman–Crippen MR) is 50.2 cm³/mol. The highest BCUT2D eigenvalue weighted by molar-refractivity contribution is 6.01. The molecule has 1 aromatic carbocycles. The topological polar surface area (TPSA) is 26.3 Å². The first kappa shape index (κ1) is 12.0. The molecule has 17 heavy (non-hydrogen) atoms. The van der Waals surface area contributed by atoms with Gasteiger partial charge < -0.3 is 4.74 Å². The van der Waals surface area contributed by atoms with Gasteiger partial charge in [-0.05, 0) is 17.2 Å². The lowest BCUT2D eigenvalue weighted by Crippen LogP contribution is -2.36. The highest BCUT2D eigenvalue weighted by Crippen LogP contribution is 2.29. The van der Waals surface area contributed by atoms with E-state index >= 15 is 0 Å². The Morgan fingerprint density at radius 1 is 1.24 bits per heavy atom. The smallest absolute Gasteiger partial charge is 0.368 e. The van der Waals surface area contributed by atoms with Gasteiger partial charge in [0, 0.05) is 5.56 Å². The van der Waals surface area contributed by atoms with Crippen LogP contribution in [0, 0.1) is 0 Å². The lowest BCUT2D eigenvalue weighted by Gasteiger charge is -2.14. The normalized spacial score (nSPS) is 15.1. The third kappa shape index (κ3) is 2.04. The van der Waals surface area contributed by atoms with E-state index < -0.39 is 23.7 Å². The fraction of sp³-hybridized carbons (Fsp3) is 0.364. The summed E-state index contributed by atoms with van der Waals surface area (Å²) >= 11 is 0. The summed E-state index contributed by atoms with van der Waals surface area (Å²) in [6, 6.07) is 3.74. The van der Waals surface area contributed by atoms with Gasteiger partial charge in [0.25, 0.3) is 0 Å². The second-order valence-electron chi connectivity index (χ2n) is 3.73. The molecule has 6 heteroatoms. The van der Waals surface area contributed by atoms with Gasteiger partial charge in [0.2, 0.25) is 5.78 Å². The van der Waals surface area contributed by atoms with E-state index in [0.29, 0.717) is 12.2 Å². The first-order valence-electron chi connectivity index (χ1n) is 4.83. The van der Waals surface area contributed by atoms with E-state index in [9.17, 15) is 22.4 Å². The molecular formula is C11H8F4O2. The Hall–Kier alpha value is -1.43. The Kier molecular flexibility index (Phi) is 2.91. The molecule has 1 aliphatic heterocycles. The molecule has 0 fully saturated rings. The van der Waals surface area contributed by atoms with Crippen LogP contribution >= 0.6 is 0 Å². The Bertz CT molecular complexity index is 457. The zero-order chi connectivity index (χ0) is 12.6. The molecule has 0 aliphatic carbocycles. The van der Waals surface area contributed by atoms with E-state index in [4.69, 9.17) is 4.74 Å². The van der Waals surface area contributed by atoms with E-state index in [1.54, 1.807) is 0 Å². The van der Waals surface area contributed by atoms with Crippen LogP contribution in [0.3, 0.4) is 0 Å². The van der Waals surface area contributed by atoms with Crippen LogP contribution in [-0.4, -0.2) is 18.1 Å². The first-order valence-corrected chi connectivity index (χ1v) is 4.83. The minimum absolute atomic E-state index is 0.205. The van der Waals surface area contributed by atoms with Gasteiger partial charge in [-0.3, -0.25) is 4.79 Å². The summed E-state index contributed by atoms with van der Waals surface area (Å²) in [7, 11) is 0. The molecule has 1 heterocycles. The number of ether oxygens (including phenoxy) is 1. The number of benzene rings is 1. The van der Waals surface area contributed by atoms with Crippen LogP contribution in [0.15, 0.2) is 18.2 Å².